The normalized spacial score (nSPS) is 10.4. The third-order valence-electron chi connectivity index (χ3n) is 3.46. The van der Waals surface area contributed by atoms with Crippen LogP contribution in [0.1, 0.15) is 27.2 Å². The molecular weight excluding hydrogens is 238 g/mol. The molecule has 0 bridgehead atoms. The molecule has 1 aromatic carbocycles. The van der Waals surface area contributed by atoms with Crippen molar-refractivity contribution in [1.82, 2.24) is 4.57 Å². The number of rotatable bonds is 4. The minimum absolute atomic E-state index is 0.0348. The molecule has 2 aromatic rings. The largest absolute Gasteiger partial charge is 0.312 e. The summed E-state index contributed by atoms with van der Waals surface area (Å²) in [6.45, 7) is 4.63. The standard InChI is InChI=1S/C16H17NO2/c1-12-3-8-16(19)17(13(12)2)10-9-14-4-6-15(11-18)7-5-14/h3-8,11H,9-10H2,1-2H3. The van der Waals surface area contributed by atoms with Crippen LogP contribution in [0, 0.1) is 13.8 Å². The summed E-state index contributed by atoms with van der Waals surface area (Å²) in [6, 6.07) is 10.9. The zero-order valence-electron chi connectivity index (χ0n) is 11.2. The molecule has 0 N–H and O–H groups in total. The molecule has 0 aliphatic rings. The second kappa shape index (κ2) is 5.65. The smallest absolute Gasteiger partial charge is 0.250 e. The SMILES string of the molecule is Cc1ccc(=O)n(CCc2ccc(C=O)cc2)c1C. The van der Waals surface area contributed by atoms with E-state index in [-0.39, 0.29) is 5.56 Å². The highest BCUT2D eigenvalue weighted by Crippen LogP contribution is 2.07. The number of carbonyl (C=O) groups excluding carboxylic acids is 1. The van der Waals surface area contributed by atoms with Crippen molar-refractivity contribution in [2.75, 3.05) is 0 Å². The van der Waals surface area contributed by atoms with Gasteiger partial charge in [-0.05, 0) is 31.4 Å². The lowest BCUT2D eigenvalue weighted by molar-refractivity contribution is 0.112. The van der Waals surface area contributed by atoms with E-state index < -0.39 is 0 Å². The van der Waals surface area contributed by atoms with Crippen LogP contribution in [0.2, 0.25) is 0 Å². The number of aromatic nitrogens is 1. The molecule has 0 aliphatic carbocycles. The molecule has 3 heteroatoms. The molecule has 3 nitrogen and oxygen atoms in total. The van der Waals surface area contributed by atoms with Crippen LogP contribution in [0.4, 0.5) is 0 Å². The molecule has 1 aromatic heterocycles. The fourth-order valence-electron chi connectivity index (χ4n) is 2.07. The van der Waals surface area contributed by atoms with Gasteiger partial charge >= 0.3 is 0 Å². The molecule has 19 heavy (non-hydrogen) atoms. The molecule has 0 fully saturated rings. The molecule has 0 saturated carbocycles. The Labute approximate surface area is 112 Å². The monoisotopic (exact) mass is 255 g/mol. The fourth-order valence-corrected chi connectivity index (χ4v) is 2.07. The van der Waals surface area contributed by atoms with Gasteiger partial charge in [-0.25, -0.2) is 0 Å². The highest BCUT2D eigenvalue weighted by Gasteiger charge is 2.03. The summed E-state index contributed by atoms with van der Waals surface area (Å²) in [5.74, 6) is 0. The average molecular weight is 255 g/mol. The first-order chi connectivity index (χ1) is 9.11. The number of benzene rings is 1. The average Bonchev–Trinajstić information content (AvgIpc) is 2.44. The van der Waals surface area contributed by atoms with Gasteiger partial charge in [-0.2, -0.15) is 0 Å². The number of aryl methyl sites for hydroxylation is 2. The summed E-state index contributed by atoms with van der Waals surface area (Å²) in [6.07, 6.45) is 1.61. The van der Waals surface area contributed by atoms with Crippen molar-refractivity contribution >= 4 is 6.29 Å². The fraction of sp³-hybridized carbons (Fsp3) is 0.250. The van der Waals surface area contributed by atoms with Gasteiger partial charge in [-0.15, -0.1) is 0 Å². The van der Waals surface area contributed by atoms with Crippen LogP contribution in [0.25, 0.3) is 0 Å². The number of hydrogen-bond donors (Lipinski definition) is 0. The number of pyridine rings is 1. The Morgan fingerprint density at radius 2 is 1.74 bits per heavy atom. The molecule has 98 valence electrons. The molecule has 2 rings (SSSR count). The van der Waals surface area contributed by atoms with Gasteiger partial charge in [-0.3, -0.25) is 9.59 Å². The van der Waals surface area contributed by atoms with Crippen LogP contribution < -0.4 is 5.56 Å². The van der Waals surface area contributed by atoms with Gasteiger partial charge in [0, 0.05) is 23.9 Å². The van der Waals surface area contributed by atoms with Crippen LogP contribution in [0.15, 0.2) is 41.2 Å². The third kappa shape index (κ3) is 2.99. The van der Waals surface area contributed by atoms with Crippen molar-refractivity contribution in [3.63, 3.8) is 0 Å². The highest BCUT2D eigenvalue weighted by atomic mass is 16.1. The van der Waals surface area contributed by atoms with Crippen LogP contribution >= 0.6 is 0 Å². The van der Waals surface area contributed by atoms with Crippen LogP contribution in [-0.4, -0.2) is 10.9 Å². The van der Waals surface area contributed by atoms with Gasteiger partial charge in [0.15, 0.2) is 0 Å². The second-order valence-corrected chi connectivity index (χ2v) is 4.70. The van der Waals surface area contributed by atoms with Crippen molar-refractivity contribution in [2.24, 2.45) is 0 Å². The predicted octanol–water partition coefficient (Wildman–Crippen LogP) is 2.52. The highest BCUT2D eigenvalue weighted by molar-refractivity contribution is 5.74. The summed E-state index contributed by atoms with van der Waals surface area (Å²) in [7, 11) is 0. The summed E-state index contributed by atoms with van der Waals surface area (Å²) in [5, 5.41) is 0. The van der Waals surface area contributed by atoms with E-state index in [1.54, 1.807) is 22.8 Å². The van der Waals surface area contributed by atoms with E-state index in [1.807, 2.05) is 32.0 Å². The third-order valence-corrected chi connectivity index (χ3v) is 3.46. The van der Waals surface area contributed by atoms with E-state index in [0.717, 1.165) is 29.5 Å². The molecular formula is C16H17NO2. The van der Waals surface area contributed by atoms with Crippen molar-refractivity contribution in [2.45, 2.75) is 26.8 Å². The van der Waals surface area contributed by atoms with E-state index in [1.165, 1.54) is 0 Å². The first kappa shape index (κ1) is 13.3. The van der Waals surface area contributed by atoms with Crippen LogP contribution in [-0.2, 0) is 13.0 Å². The topological polar surface area (TPSA) is 39.1 Å². The minimum Gasteiger partial charge on any atom is -0.312 e. The van der Waals surface area contributed by atoms with Crippen molar-refractivity contribution in [3.8, 4) is 0 Å². The van der Waals surface area contributed by atoms with Gasteiger partial charge in [0.05, 0.1) is 0 Å². The van der Waals surface area contributed by atoms with E-state index >= 15 is 0 Å². The van der Waals surface area contributed by atoms with E-state index in [9.17, 15) is 9.59 Å². The Bertz CT molecular complexity index is 639. The first-order valence-corrected chi connectivity index (χ1v) is 6.33. The Hall–Kier alpha value is -2.16. The van der Waals surface area contributed by atoms with Gasteiger partial charge in [0.25, 0.3) is 5.56 Å². The van der Waals surface area contributed by atoms with Crippen molar-refractivity contribution < 1.29 is 4.79 Å². The Morgan fingerprint density at radius 3 is 2.37 bits per heavy atom. The summed E-state index contributed by atoms with van der Waals surface area (Å²) < 4.78 is 1.79. The lowest BCUT2D eigenvalue weighted by atomic mass is 10.1. The summed E-state index contributed by atoms with van der Waals surface area (Å²) in [5.41, 5.74) is 3.96. The number of carbonyl (C=O) groups is 1. The number of hydrogen-bond acceptors (Lipinski definition) is 2. The maximum absolute atomic E-state index is 11.8. The molecule has 0 amide bonds. The van der Waals surface area contributed by atoms with Crippen LogP contribution in [0.3, 0.4) is 0 Å². The molecule has 0 atom stereocenters. The maximum Gasteiger partial charge on any atom is 0.250 e. The minimum atomic E-state index is 0.0348. The quantitative estimate of drug-likeness (QED) is 0.787. The molecule has 0 radical (unpaired) electrons. The number of aldehydes is 1. The summed E-state index contributed by atoms with van der Waals surface area (Å²) >= 11 is 0. The zero-order valence-corrected chi connectivity index (χ0v) is 11.2. The van der Waals surface area contributed by atoms with Crippen LogP contribution in [0.5, 0.6) is 0 Å². The zero-order chi connectivity index (χ0) is 13.8. The van der Waals surface area contributed by atoms with Gasteiger partial charge in [0.2, 0.25) is 0 Å². The predicted molar refractivity (Wildman–Crippen MR) is 75.7 cm³/mol. The molecule has 0 spiro atoms. The molecule has 0 saturated heterocycles. The Morgan fingerprint density at radius 1 is 1.05 bits per heavy atom. The van der Waals surface area contributed by atoms with Gasteiger partial charge in [-0.1, -0.05) is 30.3 Å². The summed E-state index contributed by atoms with van der Waals surface area (Å²) in [4.78, 5) is 22.4. The van der Waals surface area contributed by atoms with E-state index in [4.69, 9.17) is 0 Å². The molecule has 0 unspecified atom stereocenters. The Balaban J connectivity index is 2.16. The molecule has 0 aliphatic heterocycles. The second-order valence-electron chi connectivity index (χ2n) is 4.70. The van der Waals surface area contributed by atoms with E-state index in [2.05, 4.69) is 0 Å². The lowest BCUT2D eigenvalue weighted by Gasteiger charge is -2.11. The van der Waals surface area contributed by atoms with Crippen molar-refractivity contribution in [1.29, 1.82) is 0 Å². The van der Waals surface area contributed by atoms with Crippen molar-refractivity contribution in [3.05, 3.63) is 69.1 Å². The van der Waals surface area contributed by atoms with E-state index in [0.29, 0.717) is 12.1 Å². The number of nitrogens with zero attached hydrogens (tertiary/aromatic N) is 1. The van der Waals surface area contributed by atoms with Gasteiger partial charge in [0.1, 0.15) is 6.29 Å². The lowest BCUT2D eigenvalue weighted by Crippen LogP contribution is -2.23. The maximum atomic E-state index is 11.8. The Kier molecular flexibility index (Phi) is 3.95. The molecule has 1 heterocycles. The van der Waals surface area contributed by atoms with Gasteiger partial charge < -0.3 is 4.57 Å². The first-order valence-electron chi connectivity index (χ1n) is 6.33.